The van der Waals surface area contributed by atoms with E-state index < -0.39 is 0 Å². The van der Waals surface area contributed by atoms with Crippen LogP contribution < -0.4 is 10.1 Å². The minimum Gasteiger partial charge on any atom is -0.494 e. The molecule has 4 rings (SSSR count). The number of amides is 1. The summed E-state index contributed by atoms with van der Waals surface area (Å²) >= 11 is 3.41. The van der Waals surface area contributed by atoms with Crippen LogP contribution in [-0.4, -0.2) is 27.3 Å². The molecule has 1 aromatic heterocycles. The zero-order valence-electron chi connectivity index (χ0n) is 16.2. The first-order chi connectivity index (χ1) is 14.6. The Morgan fingerprint density at radius 2 is 1.80 bits per heavy atom. The van der Waals surface area contributed by atoms with Crippen LogP contribution in [0.25, 0.3) is 17.1 Å². The van der Waals surface area contributed by atoms with Crippen LogP contribution in [0, 0.1) is 0 Å². The minimum absolute atomic E-state index is 0.0858. The topological polar surface area (TPSA) is 69.0 Å². The lowest BCUT2D eigenvalue weighted by atomic mass is 10.2. The number of ether oxygens (including phenoxy) is 1. The summed E-state index contributed by atoms with van der Waals surface area (Å²) < 4.78 is 8.06. The maximum Gasteiger partial charge on any atom is 0.295 e. The van der Waals surface area contributed by atoms with Crippen LogP contribution >= 0.6 is 15.9 Å². The molecule has 7 heteroatoms. The number of halogens is 1. The van der Waals surface area contributed by atoms with Gasteiger partial charge in [0.05, 0.1) is 12.3 Å². The van der Waals surface area contributed by atoms with Gasteiger partial charge in [0.25, 0.3) is 5.91 Å². The van der Waals surface area contributed by atoms with Crippen LogP contribution in [0.4, 0.5) is 5.69 Å². The maximum absolute atomic E-state index is 12.8. The molecule has 0 unspecified atom stereocenters. The molecule has 1 heterocycles. The highest BCUT2D eigenvalue weighted by Crippen LogP contribution is 2.23. The van der Waals surface area contributed by atoms with Crippen LogP contribution in [0.5, 0.6) is 5.75 Å². The third kappa shape index (κ3) is 4.41. The summed E-state index contributed by atoms with van der Waals surface area (Å²) in [5.74, 6) is 1.06. The lowest BCUT2D eigenvalue weighted by Crippen LogP contribution is -2.14. The molecule has 0 saturated carbocycles. The van der Waals surface area contributed by atoms with Crippen LogP contribution in [0.15, 0.2) is 83.3 Å². The van der Waals surface area contributed by atoms with E-state index in [0.29, 0.717) is 18.1 Å². The van der Waals surface area contributed by atoms with Gasteiger partial charge in [0.2, 0.25) is 5.82 Å². The summed E-state index contributed by atoms with van der Waals surface area (Å²) in [7, 11) is 0. The molecular weight excluding hydrogens is 444 g/mol. The zero-order chi connectivity index (χ0) is 20.9. The van der Waals surface area contributed by atoms with Crippen molar-refractivity contribution < 1.29 is 9.53 Å². The number of carbonyl (C=O) groups is 1. The Morgan fingerprint density at radius 1 is 1.03 bits per heavy atom. The molecule has 30 heavy (non-hydrogen) atoms. The number of benzene rings is 3. The van der Waals surface area contributed by atoms with Gasteiger partial charge in [-0.3, -0.25) is 4.79 Å². The molecule has 0 fully saturated rings. The summed E-state index contributed by atoms with van der Waals surface area (Å²) in [4.78, 5) is 17.3. The SMILES string of the molecule is CCOc1ccc(-n2nc(C(=O)Nc3cccc(Br)c3)nc2-c2ccccc2)cc1. The molecule has 0 aliphatic carbocycles. The third-order valence-corrected chi connectivity index (χ3v) is 4.81. The molecule has 0 aliphatic rings. The van der Waals surface area contributed by atoms with E-state index in [0.717, 1.165) is 21.5 Å². The van der Waals surface area contributed by atoms with Crippen LogP contribution in [0.3, 0.4) is 0 Å². The second-order valence-corrected chi connectivity index (χ2v) is 7.34. The molecule has 4 aromatic rings. The second-order valence-electron chi connectivity index (χ2n) is 6.43. The molecule has 0 bridgehead atoms. The summed E-state index contributed by atoms with van der Waals surface area (Å²) in [5.41, 5.74) is 2.31. The molecule has 0 aliphatic heterocycles. The van der Waals surface area contributed by atoms with Crippen molar-refractivity contribution in [1.82, 2.24) is 14.8 Å². The van der Waals surface area contributed by atoms with Gasteiger partial charge in [-0.1, -0.05) is 52.3 Å². The smallest absolute Gasteiger partial charge is 0.295 e. The van der Waals surface area contributed by atoms with E-state index in [9.17, 15) is 4.79 Å². The summed E-state index contributed by atoms with van der Waals surface area (Å²) in [5, 5.41) is 7.33. The van der Waals surface area contributed by atoms with Crippen LogP contribution in [0.2, 0.25) is 0 Å². The van der Waals surface area contributed by atoms with E-state index in [-0.39, 0.29) is 11.7 Å². The third-order valence-electron chi connectivity index (χ3n) is 4.32. The van der Waals surface area contributed by atoms with Crippen molar-refractivity contribution in [3.05, 3.63) is 89.2 Å². The Hall–Kier alpha value is -3.45. The van der Waals surface area contributed by atoms with Gasteiger partial charge < -0.3 is 10.1 Å². The molecule has 0 radical (unpaired) electrons. The highest BCUT2D eigenvalue weighted by molar-refractivity contribution is 9.10. The number of anilines is 1. The number of carbonyl (C=O) groups excluding carboxylic acids is 1. The molecular formula is C23H19BrN4O2. The summed E-state index contributed by atoms with van der Waals surface area (Å²) in [6.07, 6.45) is 0. The molecule has 3 aromatic carbocycles. The number of hydrogen-bond donors (Lipinski definition) is 1. The molecule has 0 atom stereocenters. The largest absolute Gasteiger partial charge is 0.494 e. The van der Waals surface area contributed by atoms with Gasteiger partial charge in [-0.05, 0) is 49.4 Å². The molecule has 6 nitrogen and oxygen atoms in total. The van der Waals surface area contributed by atoms with Crippen molar-refractivity contribution in [2.24, 2.45) is 0 Å². The van der Waals surface area contributed by atoms with Gasteiger partial charge in [0.15, 0.2) is 5.82 Å². The van der Waals surface area contributed by atoms with E-state index in [1.54, 1.807) is 4.68 Å². The lowest BCUT2D eigenvalue weighted by Gasteiger charge is -2.07. The van der Waals surface area contributed by atoms with E-state index in [1.807, 2.05) is 85.8 Å². The first-order valence-electron chi connectivity index (χ1n) is 9.46. The Labute approximate surface area is 182 Å². The Balaban J connectivity index is 1.71. The molecule has 0 saturated heterocycles. The molecule has 1 amide bonds. The summed E-state index contributed by atoms with van der Waals surface area (Å²) in [6, 6.07) is 24.5. The predicted octanol–water partition coefficient (Wildman–Crippen LogP) is 5.35. The Bertz CT molecular complexity index is 1160. The fourth-order valence-corrected chi connectivity index (χ4v) is 3.37. The summed E-state index contributed by atoms with van der Waals surface area (Å²) in [6.45, 7) is 2.53. The Kier molecular flexibility index (Phi) is 5.90. The van der Waals surface area contributed by atoms with E-state index in [1.165, 1.54) is 0 Å². The van der Waals surface area contributed by atoms with Gasteiger partial charge in [-0.25, -0.2) is 9.67 Å². The zero-order valence-corrected chi connectivity index (χ0v) is 17.8. The number of hydrogen-bond acceptors (Lipinski definition) is 4. The van der Waals surface area contributed by atoms with Crippen LogP contribution in [0.1, 0.15) is 17.5 Å². The monoisotopic (exact) mass is 462 g/mol. The number of nitrogens with zero attached hydrogens (tertiary/aromatic N) is 3. The van der Waals surface area contributed by atoms with Gasteiger partial charge in [-0.2, -0.15) is 0 Å². The average Bonchev–Trinajstić information content (AvgIpc) is 3.21. The fourth-order valence-electron chi connectivity index (χ4n) is 2.97. The lowest BCUT2D eigenvalue weighted by molar-refractivity contribution is 0.101. The fraction of sp³-hybridized carbons (Fsp3) is 0.0870. The van der Waals surface area contributed by atoms with Gasteiger partial charge >= 0.3 is 0 Å². The highest BCUT2D eigenvalue weighted by atomic mass is 79.9. The van der Waals surface area contributed by atoms with Crippen molar-refractivity contribution >= 4 is 27.5 Å². The molecule has 1 N–H and O–H groups in total. The van der Waals surface area contributed by atoms with Gasteiger partial charge in [0, 0.05) is 15.7 Å². The average molecular weight is 463 g/mol. The van der Waals surface area contributed by atoms with E-state index in [2.05, 4.69) is 31.3 Å². The van der Waals surface area contributed by atoms with Crippen molar-refractivity contribution in [2.45, 2.75) is 6.92 Å². The minimum atomic E-state index is -0.380. The highest BCUT2D eigenvalue weighted by Gasteiger charge is 2.19. The van der Waals surface area contributed by atoms with Crippen molar-refractivity contribution in [1.29, 1.82) is 0 Å². The molecule has 0 spiro atoms. The first kappa shape index (κ1) is 19.8. The standard InChI is InChI=1S/C23H19BrN4O2/c1-2-30-20-13-11-19(12-14-20)28-22(16-7-4-3-5-8-16)26-21(27-28)23(29)25-18-10-6-9-17(24)15-18/h3-15H,2H2,1H3,(H,25,29). The quantitative estimate of drug-likeness (QED) is 0.419. The second kappa shape index (κ2) is 8.92. The predicted molar refractivity (Wildman–Crippen MR) is 120 cm³/mol. The number of aromatic nitrogens is 3. The van der Waals surface area contributed by atoms with Gasteiger partial charge in [-0.15, -0.1) is 5.10 Å². The Morgan fingerprint density at radius 3 is 2.50 bits per heavy atom. The van der Waals surface area contributed by atoms with E-state index in [4.69, 9.17) is 4.74 Å². The van der Waals surface area contributed by atoms with Gasteiger partial charge in [0.1, 0.15) is 5.75 Å². The maximum atomic E-state index is 12.8. The van der Waals surface area contributed by atoms with E-state index >= 15 is 0 Å². The van der Waals surface area contributed by atoms with Crippen molar-refractivity contribution in [2.75, 3.05) is 11.9 Å². The molecule has 150 valence electrons. The number of nitrogens with one attached hydrogen (secondary N) is 1. The normalized spacial score (nSPS) is 10.6. The first-order valence-corrected chi connectivity index (χ1v) is 10.3. The van der Waals surface area contributed by atoms with Crippen molar-refractivity contribution in [3.8, 4) is 22.8 Å². The van der Waals surface area contributed by atoms with Crippen LogP contribution in [-0.2, 0) is 0 Å². The number of rotatable bonds is 6. The van der Waals surface area contributed by atoms with Crippen molar-refractivity contribution in [3.63, 3.8) is 0 Å².